The number of unbranched alkanes of at least 4 members (excludes halogenated alkanes) is 2. The third-order valence-corrected chi connectivity index (χ3v) is 4.26. The SMILES string of the molecule is CC1(C)CCC(O)(CNC(=O)CCCCCN)CC1. The lowest BCUT2D eigenvalue weighted by Crippen LogP contribution is -2.46. The van der Waals surface area contributed by atoms with Crippen LogP contribution in [0.25, 0.3) is 0 Å². The Kier molecular flexibility index (Phi) is 6.27. The molecular formula is C15H30N2O2. The highest BCUT2D eigenvalue weighted by atomic mass is 16.3. The van der Waals surface area contributed by atoms with Gasteiger partial charge in [0.05, 0.1) is 5.60 Å². The average Bonchev–Trinajstić information content (AvgIpc) is 2.37. The summed E-state index contributed by atoms with van der Waals surface area (Å²) in [6.45, 7) is 5.57. The van der Waals surface area contributed by atoms with Gasteiger partial charge in [-0.15, -0.1) is 0 Å². The maximum Gasteiger partial charge on any atom is 0.220 e. The van der Waals surface area contributed by atoms with E-state index in [1.807, 2.05) is 0 Å². The average molecular weight is 270 g/mol. The lowest BCUT2D eigenvalue weighted by molar-refractivity contribution is -0.123. The molecule has 0 aromatic carbocycles. The van der Waals surface area contributed by atoms with Crippen LogP contribution in [0.15, 0.2) is 0 Å². The van der Waals surface area contributed by atoms with E-state index >= 15 is 0 Å². The van der Waals surface area contributed by atoms with Gasteiger partial charge in [0.25, 0.3) is 0 Å². The molecule has 0 radical (unpaired) electrons. The number of carbonyl (C=O) groups excluding carboxylic acids is 1. The summed E-state index contributed by atoms with van der Waals surface area (Å²) < 4.78 is 0. The largest absolute Gasteiger partial charge is 0.388 e. The Morgan fingerprint density at radius 2 is 1.79 bits per heavy atom. The summed E-state index contributed by atoms with van der Waals surface area (Å²) in [5, 5.41) is 13.3. The summed E-state index contributed by atoms with van der Waals surface area (Å²) in [6.07, 6.45) is 7.03. The van der Waals surface area contributed by atoms with E-state index in [9.17, 15) is 9.90 Å². The van der Waals surface area contributed by atoms with E-state index in [0.717, 1.165) is 44.9 Å². The van der Waals surface area contributed by atoms with Gasteiger partial charge in [-0.1, -0.05) is 20.3 Å². The first-order valence-electron chi connectivity index (χ1n) is 7.56. The van der Waals surface area contributed by atoms with Crippen molar-refractivity contribution in [3.63, 3.8) is 0 Å². The summed E-state index contributed by atoms with van der Waals surface area (Å²) in [7, 11) is 0. The summed E-state index contributed by atoms with van der Waals surface area (Å²) in [4.78, 5) is 11.7. The van der Waals surface area contributed by atoms with Gasteiger partial charge in [-0.3, -0.25) is 4.79 Å². The molecule has 1 fully saturated rings. The van der Waals surface area contributed by atoms with Crippen LogP contribution < -0.4 is 11.1 Å². The molecule has 1 amide bonds. The first-order chi connectivity index (χ1) is 8.87. The van der Waals surface area contributed by atoms with Crippen LogP contribution in [-0.4, -0.2) is 29.7 Å². The van der Waals surface area contributed by atoms with Crippen molar-refractivity contribution < 1.29 is 9.90 Å². The lowest BCUT2D eigenvalue weighted by atomic mass is 9.71. The number of hydrogen-bond acceptors (Lipinski definition) is 3. The lowest BCUT2D eigenvalue weighted by Gasteiger charge is -2.40. The van der Waals surface area contributed by atoms with Crippen LogP contribution in [0.5, 0.6) is 0 Å². The molecule has 0 unspecified atom stereocenters. The maximum atomic E-state index is 11.7. The minimum Gasteiger partial charge on any atom is -0.388 e. The fourth-order valence-electron chi connectivity index (χ4n) is 2.53. The second kappa shape index (κ2) is 7.25. The highest BCUT2D eigenvalue weighted by Gasteiger charge is 2.36. The molecular weight excluding hydrogens is 240 g/mol. The topological polar surface area (TPSA) is 75.3 Å². The number of nitrogens with one attached hydrogen (secondary N) is 1. The minimum absolute atomic E-state index is 0.0512. The second-order valence-electron chi connectivity index (χ2n) is 6.76. The Morgan fingerprint density at radius 3 is 2.37 bits per heavy atom. The van der Waals surface area contributed by atoms with E-state index in [0.29, 0.717) is 24.9 Å². The molecule has 1 aliphatic carbocycles. The molecule has 1 saturated carbocycles. The molecule has 0 saturated heterocycles. The molecule has 0 aromatic rings. The Labute approximate surface area is 117 Å². The predicted octanol–water partition coefficient (Wildman–Crippen LogP) is 1.95. The molecule has 1 rings (SSSR count). The molecule has 0 heterocycles. The third-order valence-electron chi connectivity index (χ3n) is 4.26. The fourth-order valence-corrected chi connectivity index (χ4v) is 2.53. The van der Waals surface area contributed by atoms with Crippen molar-refractivity contribution in [1.29, 1.82) is 0 Å². The minimum atomic E-state index is -0.692. The van der Waals surface area contributed by atoms with Crippen LogP contribution in [0.3, 0.4) is 0 Å². The summed E-state index contributed by atoms with van der Waals surface area (Å²) in [6, 6.07) is 0. The number of carbonyl (C=O) groups is 1. The number of hydrogen-bond donors (Lipinski definition) is 3. The third kappa shape index (κ3) is 6.39. The van der Waals surface area contributed by atoms with E-state index < -0.39 is 5.60 Å². The Hall–Kier alpha value is -0.610. The molecule has 0 aliphatic heterocycles. The van der Waals surface area contributed by atoms with Gasteiger partial charge >= 0.3 is 0 Å². The zero-order valence-corrected chi connectivity index (χ0v) is 12.5. The van der Waals surface area contributed by atoms with Crippen LogP contribution >= 0.6 is 0 Å². The molecule has 19 heavy (non-hydrogen) atoms. The molecule has 4 nitrogen and oxygen atoms in total. The van der Waals surface area contributed by atoms with Gasteiger partial charge in [-0.25, -0.2) is 0 Å². The van der Waals surface area contributed by atoms with E-state index in [2.05, 4.69) is 19.2 Å². The molecule has 0 aromatic heterocycles. The Balaban J connectivity index is 2.19. The quantitative estimate of drug-likeness (QED) is 0.619. The highest BCUT2D eigenvalue weighted by Crippen LogP contribution is 2.39. The van der Waals surface area contributed by atoms with E-state index in [1.54, 1.807) is 0 Å². The first kappa shape index (κ1) is 16.4. The number of nitrogens with two attached hydrogens (primary N) is 1. The highest BCUT2D eigenvalue weighted by molar-refractivity contribution is 5.75. The summed E-state index contributed by atoms with van der Waals surface area (Å²) in [5.41, 5.74) is 5.05. The predicted molar refractivity (Wildman–Crippen MR) is 77.7 cm³/mol. The smallest absolute Gasteiger partial charge is 0.220 e. The standard InChI is InChI=1S/C15H30N2O2/c1-14(2)7-9-15(19,10-8-14)12-17-13(18)6-4-3-5-11-16/h19H,3-12,16H2,1-2H3,(H,17,18). The number of rotatable bonds is 7. The second-order valence-corrected chi connectivity index (χ2v) is 6.76. The van der Waals surface area contributed by atoms with Gasteiger partial charge in [-0.05, 0) is 50.5 Å². The molecule has 0 spiro atoms. The molecule has 1 aliphatic rings. The van der Waals surface area contributed by atoms with Gasteiger partial charge in [0.15, 0.2) is 0 Å². The van der Waals surface area contributed by atoms with Gasteiger partial charge < -0.3 is 16.2 Å². The van der Waals surface area contributed by atoms with Crippen LogP contribution in [0, 0.1) is 5.41 Å². The molecule has 0 bridgehead atoms. The van der Waals surface area contributed by atoms with Crippen LogP contribution in [0.2, 0.25) is 0 Å². The normalized spacial score (nSPS) is 21.1. The van der Waals surface area contributed by atoms with Gasteiger partial charge in [0, 0.05) is 13.0 Å². The monoisotopic (exact) mass is 270 g/mol. The van der Waals surface area contributed by atoms with Crippen molar-refractivity contribution in [2.45, 2.75) is 70.8 Å². The van der Waals surface area contributed by atoms with E-state index in [1.165, 1.54) is 0 Å². The maximum absolute atomic E-state index is 11.7. The van der Waals surface area contributed by atoms with Crippen molar-refractivity contribution in [2.75, 3.05) is 13.1 Å². The van der Waals surface area contributed by atoms with Gasteiger partial charge in [0.2, 0.25) is 5.91 Å². The number of aliphatic hydroxyl groups is 1. The zero-order chi connectivity index (χ0) is 14.4. The van der Waals surface area contributed by atoms with Gasteiger partial charge in [0.1, 0.15) is 0 Å². The summed E-state index contributed by atoms with van der Waals surface area (Å²) >= 11 is 0. The molecule has 0 atom stereocenters. The molecule has 4 N–H and O–H groups in total. The van der Waals surface area contributed by atoms with Crippen molar-refractivity contribution in [1.82, 2.24) is 5.32 Å². The Morgan fingerprint density at radius 1 is 1.16 bits per heavy atom. The van der Waals surface area contributed by atoms with Crippen LogP contribution in [-0.2, 0) is 4.79 Å². The molecule has 112 valence electrons. The van der Waals surface area contributed by atoms with Crippen LogP contribution in [0.4, 0.5) is 0 Å². The van der Waals surface area contributed by atoms with Crippen molar-refractivity contribution in [2.24, 2.45) is 11.1 Å². The Bertz CT molecular complexity index is 280. The first-order valence-corrected chi connectivity index (χ1v) is 7.56. The fraction of sp³-hybridized carbons (Fsp3) is 0.933. The van der Waals surface area contributed by atoms with Crippen LogP contribution in [0.1, 0.15) is 65.2 Å². The van der Waals surface area contributed by atoms with Crippen molar-refractivity contribution >= 4 is 5.91 Å². The zero-order valence-electron chi connectivity index (χ0n) is 12.5. The van der Waals surface area contributed by atoms with Gasteiger partial charge in [-0.2, -0.15) is 0 Å². The van der Waals surface area contributed by atoms with Crippen molar-refractivity contribution in [3.8, 4) is 0 Å². The van der Waals surface area contributed by atoms with E-state index in [-0.39, 0.29) is 5.91 Å². The van der Waals surface area contributed by atoms with Crippen molar-refractivity contribution in [3.05, 3.63) is 0 Å². The van der Waals surface area contributed by atoms with E-state index in [4.69, 9.17) is 5.73 Å². The molecule has 4 heteroatoms. The number of amides is 1. The summed E-state index contributed by atoms with van der Waals surface area (Å²) in [5.74, 6) is 0.0512.